The van der Waals surface area contributed by atoms with Crippen molar-refractivity contribution in [1.82, 2.24) is 5.32 Å². The molecule has 4 rings (SSSR count). The molecule has 170 valence electrons. The normalized spacial score (nSPS) is 15.6. The first-order chi connectivity index (χ1) is 15.9. The summed E-state index contributed by atoms with van der Waals surface area (Å²) in [6.07, 6.45) is 0. The monoisotopic (exact) mass is 464 g/mol. The van der Waals surface area contributed by atoms with Crippen LogP contribution < -0.4 is 15.0 Å². The molecular weight excluding hydrogens is 439 g/mol. The van der Waals surface area contributed by atoms with E-state index in [0.717, 1.165) is 33.7 Å². The Bertz CT molecular complexity index is 1200. The quantitative estimate of drug-likeness (QED) is 0.548. The maximum absolute atomic E-state index is 13.4. The number of aryl methyl sites for hydroxylation is 2. The van der Waals surface area contributed by atoms with Crippen molar-refractivity contribution in [1.29, 1.82) is 0 Å². The van der Waals surface area contributed by atoms with Gasteiger partial charge in [0.1, 0.15) is 16.9 Å². The molecule has 5 nitrogen and oxygen atoms in total. The lowest BCUT2D eigenvalue weighted by Gasteiger charge is -2.26. The van der Waals surface area contributed by atoms with Gasteiger partial charge in [0, 0.05) is 17.8 Å². The van der Waals surface area contributed by atoms with Gasteiger partial charge in [-0.25, -0.2) is 4.39 Å². The summed E-state index contributed by atoms with van der Waals surface area (Å²) in [7, 11) is 1.62. The lowest BCUT2D eigenvalue weighted by molar-refractivity contribution is -0.115. The van der Waals surface area contributed by atoms with Crippen LogP contribution in [0.15, 0.2) is 60.7 Å². The van der Waals surface area contributed by atoms with Crippen molar-refractivity contribution in [2.45, 2.75) is 25.8 Å². The summed E-state index contributed by atoms with van der Waals surface area (Å²) in [6.45, 7) is 4.24. The number of benzene rings is 3. The second-order valence-corrected chi connectivity index (χ2v) is 9.09. The Morgan fingerprint density at radius 3 is 2.58 bits per heavy atom. The third-order valence-electron chi connectivity index (χ3n) is 5.54. The molecule has 1 aliphatic rings. The number of anilines is 1. The Morgan fingerprint density at radius 2 is 1.88 bits per heavy atom. The molecular formula is C26H25FN2O3S. The highest BCUT2D eigenvalue weighted by Gasteiger charge is 2.34. The summed E-state index contributed by atoms with van der Waals surface area (Å²) in [6, 6.07) is 17.4. The van der Waals surface area contributed by atoms with E-state index in [1.807, 2.05) is 32.0 Å². The van der Waals surface area contributed by atoms with E-state index in [4.69, 9.17) is 4.74 Å². The number of amides is 2. The number of nitrogens with zero attached hydrogens (tertiary/aromatic N) is 1. The molecule has 0 bridgehead atoms. The number of rotatable bonds is 6. The Balaban J connectivity index is 1.51. The zero-order valence-electron chi connectivity index (χ0n) is 18.7. The molecule has 2 amide bonds. The molecule has 0 spiro atoms. The van der Waals surface area contributed by atoms with Crippen molar-refractivity contribution in [2.75, 3.05) is 17.8 Å². The third-order valence-corrected chi connectivity index (χ3v) is 6.75. The van der Waals surface area contributed by atoms with Crippen LogP contribution in [-0.2, 0) is 11.3 Å². The van der Waals surface area contributed by atoms with Crippen LogP contribution in [0.1, 0.15) is 38.0 Å². The van der Waals surface area contributed by atoms with Gasteiger partial charge in [0.2, 0.25) is 5.91 Å². The first kappa shape index (κ1) is 22.9. The summed E-state index contributed by atoms with van der Waals surface area (Å²) in [4.78, 5) is 27.2. The summed E-state index contributed by atoms with van der Waals surface area (Å²) >= 11 is 1.51. The molecule has 3 aromatic rings. The molecule has 1 unspecified atom stereocenters. The van der Waals surface area contributed by atoms with E-state index in [0.29, 0.717) is 17.9 Å². The van der Waals surface area contributed by atoms with Gasteiger partial charge in [-0.05, 0) is 78.6 Å². The number of methoxy groups -OCH3 is 1. The number of hydrogen-bond donors (Lipinski definition) is 1. The second kappa shape index (κ2) is 9.67. The van der Waals surface area contributed by atoms with Gasteiger partial charge in [0.15, 0.2) is 0 Å². The number of carbonyl (C=O) groups is 2. The van der Waals surface area contributed by atoms with Gasteiger partial charge in [-0.3, -0.25) is 14.5 Å². The maximum Gasteiger partial charge on any atom is 0.251 e. The van der Waals surface area contributed by atoms with Gasteiger partial charge in [-0.2, -0.15) is 0 Å². The van der Waals surface area contributed by atoms with Crippen LogP contribution in [0.3, 0.4) is 0 Å². The van der Waals surface area contributed by atoms with E-state index in [1.165, 1.54) is 23.9 Å². The average molecular weight is 465 g/mol. The molecule has 33 heavy (non-hydrogen) atoms. The SMILES string of the molecule is COc1cc(C)cc(CNC(=O)c2ccc(N3C(=O)CSC3c3ccc(F)cc3)c(C)c2)c1. The predicted octanol–water partition coefficient (Wildman–Crippen LogP) is 5.16. The zero-order chi connectivity index (χ0) is 23.5. The van der Waals surface area contributed by atoms with Gasteiger partial charge < -0.3 is 10.1 Å². The predicted molar refractivity (Wildman–Crippen MR) is 129 cm³/mol. The minimum absolute atomic E-state index is 0.0111. The van der Waals surface area contributed by atoms with Crippen molar-refractivity contribution in [3.05, 3.63) is 94.3 Å². The number of ether oxygens (including phenoxy) is 1. The van der Waals surface area contributed by atoms with Crippen LogP contribution in [0.5, 0.6) is 5.75 Å². The van der Waals surface area contributed by atoms with E-state index in [9.17, 15) is 14.0 Å². The Kier molecular flexibility index (Phi) is 6.70. The second-order valence-electron chi connectivity index (χ2n) is 8.02. The van der Waals surface area contributed by atoms with Crippen molar-refractivity contribution in [2.24, 2.45) is 0 Å². The van der Waals surface area contributed by atoms with Crippen LogP contribution in [0.25, 0.3) is 0 Å². The highest BCUT2D eigenvalue weighted by molar-refractivity contribution is 8.00. The average Bonchev–Trinajstić information content (AvgIpc) is 3.18. The summed E-state index contributed by atoms with van der Waals surface area (Å²) in [5, 5.41) is 2.72. The van der Waals surface area contributed by atoms with E-state index in [2.05, 4.69) is 5.32 Å². The fourth-order valence-corrected chi connectivity index (χ4v) is 5.12. The largest absolute Gasteiger partial charge is 0.497 e. The van der Waals surface area contributed by atoms with Crippen molar-refractivity contribution < 1.29 is 18.7 Å². The molecule has 1 fully saturated rings. The summed E-state index contributed by atoms with van der Waals surface area (Å²) < 4.78 is 18.6. The molecule has 0 aromatic heterocycles. The molecule has 0 aliphatic carbocycles. The maximum atomic E-state index is 13.4. The van der Waals surface area contributed by atoms with Crippen LogP contribution in [0.2, 0.25) is 0 Å². The number of halogens is 1. The smallest absolute Gasteiger partial charge is 0.251 e. The van der Waals surface area contributed by atoms with Gasteiger partial charge in [-0.1, -0.05) is 18.2 Å². The minimum Gasteiger partial charge on any atom is -0.497 e. The van der Waals surface area contributed by atoms with Gasteiger partial charge in [0.25, 0.3) is 5.91 Å². The van der Waals surface area contributed by atoms with E-state index in [-0.39, 0.29) is 23.0 Å². The van der Waals surface area contributed by atoms with Crippen LogP contribution in [-0.4, -0.2) is 24.7 Å². The number of thioether (sulfide) groups is 1. The molecule has 1 N–H and O–H groups in total. The van der Waals surface area contributed by atoms with Gasteiger partial charge >= 0.3 is 0 Å². The van der Waals surface area contributed by atoms with E-state index in [1.54, 1.807) is 42.3 Å². The molecule has 0 radical (unpaired) electrons. The molecule has 1 saturated heterocycles. The van der Waals surface area contributed by atoms with E-state index < -0.39 is 0 Å². The van der Waals surface area contributed by atoms with Crippen molar-refractivity contribution in [3.8, 4) is 5.75 Å². The summed E-state index contributed by atoms with van der Waals surface area (Å²) in [5.41, 5.74) is 4.97. The first-order valence-corrected chi connectivity index (χ1v) is 11.6. The number of hydrogen-bond acceptors (Lipinski definition) is 4. The highest BCUT2D eigenvalue weighted by Crippen LogP contribution is 2.42. The first-order valence-electron chi connectivity index (χ1n) is 10.6. The fourth-order valence-electron chi connectivity index (χ4n) is 3.95. The minimum atomic E-state index is -0.310. The topological polar surface area (TPSA) is 58.6 Å². The standard InChI is InChI=1S/C26H25FN2O3S/c1-16-10-18(13-22(11-16)32-3)14-28-25(31)20-6-9-23(17(2)12-20)29-24(30)15-33-26(29)19-4-7-21(27)8-5-19/h4-13,26H,14-15H2,1-3H3,(H,28,31). The molecule has 3 aromatic carbocycles. The molecule has 1 atom stereocenters. The van der Waals surface area contributed by atoms with Crippen LogP contribution in [0, 0.1) is 19.7 Å². The fraction of sp³-hybridized carbons (Fsp3) is 0.231. The molecule has 1 heterocycles. The number of nitrogens with one attached hydrogen (secondary N) is 1. The Labute approximate surface area is 196 Å². The van der Waals surface area contributed by atoms with E-state index >= 15 is 0 Å². The lowest BCUT2D eigenvalue weighted by atomic mass is 10.1. The molecule has 1 aliphatic heterocycles. The Hall–Kier alpha value is -3.32. The molecule has 7 heteroatoms. The van der Waals surface area contributed by atoms with Crippen LogP contribution in [0.4, 0.5) is 10.1 Å². The number of carbonyl (C=O) groups excluding carboxylic acids is 2. The van der Waals surface area contributed by atoms with Crippen molar-refractivity contribution in [3.63, 3.8) is 0 Å². The van der Waals surface area contributed by atoms with Crippen LogP contribution >= 0.6 is 11.8 Å². The molecule has 0 saturated carbocycles. The van der Waals surface area contributed by atoms with Crippen molar-refractivity contribution >= 4 is 29.3 Å². The van der Waals surface area contributed by atoms with Gasteiger partial charge in [0.05, 0.1) is 12.9 Å². The Morgan fingerprint density at radius 1 is 1.12 bits per heavy atom. The summed E-state index contributed by atoms with van der Waals surface area (Å²) in [5.74, 6) is 0.591. The van der Waals surface area contributed by atoms with Gasteiger partial charge in [-0.15, -0.1) is 11.8 Å². The lowest BCUT2D eigenvalue weighted by Crippen LogP contribution is -2.29. The highest BCUT2D eigenvalue weighted by atomic mass is 32.2. The third kappa shape index (κ3) is 5.03. The zero-order valence-corrected chi connectivity index (χ0v) is 19.5.